The quantitative estimate of drug-likeness (QED) is 0.544. The molecule has 1 N–H and O–H groups in total. The second-order valence-electron chi connectivity index (χ2n) is 8.18. The first-order valence-electron chi connectivity index (χ1n) is 10.6. The molecule has 2 aliphatic heterocycles. The third kappa shape index (κ3) is 2.56. The summed E-state index contributed by atoms with van der Waals surface area (Å²) in [4.78, 5) is 28.9. The largest absolute Gasteiger partial charge is 0.310 e. The van der Waals surface area contributed by atoms with Gasteiger partial charge in [-0.25, -0.2) is 4.68 Å². The van der Waals surface area contributed by atoms with Crippen LogP contribution in [0, 0.1) is 0 Å². The molecule has 0 radical (unpaired) electrons. The van der Waals surface area contributed by atoms with Gasteiger partial charge in [-0.3, -0.25) is 9.59 Å². The van der Waals surface area contributed by atoms with Crippen LogP contribution in [0.3, 0.4) is 0 Å². The molecular formula is C26H20N4O2. The number of rotatable bonds is 3. The van der Waals surface area contributed by atoms with Gasteiger partial charge in [-0.05, 0) is 29.3 Å². The predicted octanol–water partition coefficient (Wildman–Crippen LogP) is 4.05. The Kier molecular flexibility index (Phi) is 4.01. The maximum atomic E-state index is 14.1. The van der Waals surface area contributed by atoms with Crippen LogP contribution >= 0.6 is 0 Å². The van der Waals surface area contributed by atoms with Crippen LogP contribution in [0.5, 0.6) is 0 Å². The number of aromatic nitrogens is 2. The van der Waals surface area contributed by atoms with Crippen LogP contribution in [-0.2, 0) is 21.5 Å². The van der Waals surface area contributed by atoms with Crippen LogP contribution in [0.4, 0.5) is 11.5 Å². The minimum atomic E-state index is -1.09. The SMILES string of the molecule is O=C1C[C@@]2(C(=O)N(Cc3ccccc3)c3ccccc32)c2cnn(-c3ccccc3)c2N1. The Bertz CT molecular complexity index is 1350. The van der Waals surface area contributed by atoms with Gasteiger partial charge in [0.15, 0.2) is 0 Å². The van der Waals surface area contributed by atoms with Crippen molar-refractivity contribution < 1.29 is 9.59 Å². The number of fused-ring (bicyclic) bond motifs is 4. The molecule has 6 heteroatoms. The van der Waals surface area contributed by atoms with Gasteiger partial charge >= 0.3 is 0 Å². The summed E-state index contributed by atoms with van der Waals surface area (Å²) < 4.78 is 1.70. The summed E-state index contributed by atoms with van der Waals surface area (Å²) in [6, 6.07) is 27.3. The number of nitrogens with zero attached hydrogens (tertiary/aromatic N) is 3. The molecule has 0 aliphatic carbocycles. The van der Waals surface area contributed by atoms with Crippen molar-refractivity contribution >= 4 is 23.3 Å². The number of amides is 2. The van der Waals surface area contributed by atoms with Crippen LogP contribution in [0.2, 0.25) is 0 Å². The molecule has 2 aliphatic rings. The maximum Gasteiger partial charge on any atom is 0.243 e. The lowest BCUT2D eigenvalue weighted by atomic mass is 9.72. The molecule has 32 heavy (non-hydrogen) atoms. The summed E-state index contributed by atoms with van der Waals surface area (Å²) >= 11 is 0. The van der Waals surface area contributed by atoms with Gasteiger partial charge in [-0.2, -0.15) is 5.10 Å². The van der Waals surface area contributed by atoms with Gasteiger partial charge in [-0.15, -0.1) is 0 Å². The number of carbonyl (C=O) groups excluding carboxylic acids is 2. The van der Waals surface area contributed by atoms with Crippen molar-refractivity contribution in [1.29, 1.82) is 0 Å². The molecule has 4 aromatic rings. The highest BCUT2D eigenvalue weighted by Gasteiger charge is 2.57. The van der Waals surface area contributed by atoms with E-state index < -0.39 is 5.41 Å². The van der Waals surface area contributed by atoms with Crippen molar-refractivity contribution in [3.8, 4) is 5.69 Å². The fourth-order valence-electron chi connectivity index (χ4n) is 4.94. The highest BCUT2D eigenvalue weighted by atomic mass is 16.2. The van der Waals surface area contributed by atoms with E-state index in [0.717, 1.165) is 28.1 Å². The topological polar surface area (TPSA) is 67.2 Å². The molecule has 0 unspecified atom stereocenters. The smallest absolute Gasteiger partial charge is 0.243 e. The molecule has 0 fully saturated rings. The van der Waals surface area contributed by atoms with Crippen molar-refractivity contribution in [2.24, 2.45) is 0 Å². The van der Waals surface area contributed by atoms with Crippen LogP contribution in [0.15, 0.2) is 91.1 Å². The van der Waals surface area contributed by atoms with E-state index in [1.165, 1.54) is 0 Å². The lowest BCUT2D eigenvalue weighted by molar-refractivity contribution is -0.126. The third-order valence-corrected chi connectivity index (χ3v) is 6.36. The number of para-hydroxylation sites is 2. The summed E-state index contributed by atoms with van der Waals surface area (Å²) in [5.41, 5.74) is 3.20. The van der Waals surface area contributed by atoms with E-state index in [9.17, 15) is 9.59 Å². The Balaban J connectivity index is 1.54. The lowest BCUT2D eigenvalue weighted by Crippen LogP contribution is -2.46. The molecule has 3 heterocycles. The summed E-state index contributed by atoms with van der Waals surface area (Å²) in [5, 5.41) is 7.53. The average molecular weight is 420 g/mol. The number of carbonyl (C=O) groups is 2. The minimum Gasteiger partial charge on any atom is -0.310 e. The van der Waals surface area contributed by atoms with E-state index in [4.69, 9.17) is 0 Å². The standard InChI is InChI=1S/C26H20N4O2/c31-23-15-26(21-16-27-30(24(21)28-23)19-11-5-2-6-12-19)20-13-7-8-14-22(20)29(25(26)32)17-18-9-3-1-4-10-18/h1-14,16H,15,17H2,(H,28,31)/t26-/m0/s1. The summed E-state index contributed by atoms with van der Waals surface area (Å²) in [6.45, 7) is 0.447. The van der Waals surface area contributed by atoms with E-state index in [0.29, 0.717) is 12.4 Å². The van der Waals surface area contributed by atoms with Crippen molar-refractivity contribution in [2.75, 3.05) is 10.2 Å². The van der Waals surface area contributed by atoms with Gasteiger partial charge in [0.05, 0.1) is 18.4 Å². The summed E-state index contributed by atoms with van der Waals surface area (Å²) in [7, 11) is 0. The Morgan fingerprint density at radius 2 is 1.53 bits per heavy atom. The van der Waals surface area contributed by atoms with E-state index in [-0.39, 0.29) is 18.2 Å². The Hall–Kier alpha value is -4.19. The number of benzene rings is 3. The molecule has 156 valence electrons. The molecular weight excluding hydrogens is 400 g/mol. The number of nitrogens with one attached hydrogen (secondary N) is 1. The van der Waals surface area contributed by atoms with Crippen molar-refractivity contribution in [3.05, 3.63) is 108 Å². The molecule has 6 nitrogen and oxygen atoms in total. The minimum absolute atomic E-state index is 0.0572. The van der Waals surface area contributed by atoms with Crippen molar-refractivity contribution in [1.82, 2.24) is 9.78 Å². The first-order valence-corrected chi connectivity index (χ1v) is 10.6. The summed E-state index contributed by atoms with van der Waals surface area (Å²) in [5.74, 6) is 0.267. The third-order valence-electron chi connectivity index (χ3n) is 6.36. The molecule has 3 aromatic carbocycles. The van der Waals surface area contributed by atoms with Crippen LogP contribution in [-0.4, -0.2) is 21.6 Å². The van der Waals surface area contributed by atoms with Crippen molar-refractivity contribution in [2.45, 2.75) is 18.4 Å². The molecule has 0 saturated carbocycles. The van der Waals surface area contributed by atoms with Gasteiger partial charge in [0, 0.05) is 17.7 Å². The molecule has 6 rings (SSSR count). The normalized spacial score (nSPS) is 19.1. The zero-order valence-corrected chi connectivity index (χ0v) is 17.2. The van der Waals surface area contributed by atoms with E-state index in [1.807, 2.05) is 84.9 Å². The molecule has 0 saturated heterocycles. The van der Waals surface area contributed by atoms with Crippen LogP contribution in [0.1, 0.15) is 23.1 Å². The van der Waals surface area contributed by atoms with Crippen LogP contribution in [0.25, 0.3) is 5.69 Å². The van der Waals surface area contributed by atoms with Crippen LogP contribution < -0.4 is 10.2 Å². The molecule has 1 atom stereocenters. The van der Waals surface area contributed by atoms with E-state index in [2.05, 4.69) is 10.4 Å². The zero-order chi connectivity index (χ0) is 21.7. The van der Waals surface area contributed by atoms with Gasteiger partial charge in [0.25, 0.3) is 0 Å². The lowest BCUT2D eigenvalue weighted by Gasteiger charge is -2.32. The van der Waals surface area contributed by atoms with E-state index in [1.54, 1.807) is 15.8 Å². The van der Waals surface area contributed by atoms with Gasteiger partial charge in [0.1, 0.15) is 11.2 Å². The summed E-state index contributed by atoms with van der Waals surface area (Å²) in [6.07, 6.45) is 1.78. The Labute approximate surface area is 185 Å². The highest BCUT2D eigenvalue weighted by molar-refractivity contribution is 6.15. The average Bonchev–Trinajstić information content (AvgIpc) is 3.35. The number of hydrogen-bond donors (Lipinski definition) is 1. The second-order valence-corrected chi connectivity index (χ2v) is 8.18. The predicted molar refractivity (Wildman–Crippen MR) is 122 cm³/mol. The number of hydrogen-bond acceptors (Lipinski definition) is 3. The Morgan fingerprint density at radius 1 is 0.844 bits per heavy atom. The molecule has 1 spiro atoms. The van der Waals surface area contributed by atoms with Crippen molar-refractivity contribution in [3.63, 3.8) is 0 Å². The monoisotopic (exact) mass is 420 g/mol. The van der Waals surface area contributed by atoms with E-state index >= 15 is 0 Å². The van der Waals surface area contributed by atoms with Gasteiger partial charge < -0.3 is 10.2 Å². The number of anilines is 2. The molecule has 2 amide bonds. The van der Waals surface area contributed by atoms with Gasteiger partial charge in [0.2, 0.25) is 11.8 Å². The Morgan fingerprint density at radius 3 is 2.31 bits per heavy atom. The molecule has 1 aromatic heterocycles. The first-order chi connectivity index (χ1) is 15.7. The maximum absolute atomic E-state index is 14.1. The van der Waals surface area contributed by atoms with Gasteiger partial charge in [-0.1, -0.05) is 66.7 Å². The molecule has 0 bridgehead atoms. The highest BCUT2D eigenvalue weighted by Crippen LogP contribution is 2.52. The fraction of sp³-hybridized carbons (Fsp3) is 0.115. The zero-order valence-electron chi connectivity index (χ0n) is 17.2. The fourth-order valence-corrected chi connectivity index (χ4v) is 4.94. The second kappa shape index (κ2) is 6.92. The first kappa shape index (κ1) is 18.6.